The molecule has 1 aliphatic rings. The lowest BCUT2D eigenvalue weighted by atomic mass is 10.0. The van der Waals surface area contributed by atoms with Crippen LogP contribution in [0.2, 0.25) is 0 Å². The van der Waals surface area contributed by atoms with Crippen molar-refractivity contribution >= 4 is 22.7 Å². The van der Waals surface area contributed by atoms with Crippen LogP contribution in [0.4, 0.5) is 0 Å². The summed E-state index contributed by atoms with van der Waals surface area (Å²) in [5, 5.41) is 3.89. The number of benzene rings is 1. The number of carbonyl (C=O) groups excluding carboxylic acids is 2. The molecule has 3 rings (SSSR count). The fourth-order valence-electron chi connectivity index (χ4n) is 2.80. The van der Waals surface area contributed by atoms with Crippen LogP contribution >= 0.6 is 0 Å². The number of para-hydroxylation sites is 1. The van der Waals surface area contributed by atoms with E-state index in [1.165, 1.54) is 4.90 Å². The molecule has 0 radical (unpaired) electrons. The van der Waals surface area contributed by atoms with Gasteiger partial charge in [0.25, 0.3) is 0 Å². The average molecular weight is 271 g/mol. The highest BCUT2D eigenvalue weighted by atomic mass is 16.2. The minimum absolute atomic E-state index is 0.0331. The SMILES string of the molecule is Cc1[nH]c2ccccc2c1C[C@@H]1NC(=O)CN(C)C1=O. The van der Waals surface area contributed by atoms with Gasteiger partial charge in [-0.15, -0.1) is 0 Å². The molecule has 0 saturated carbocycles. The van der Waals surface area contributed by atoms with Gasteiger partial charge in [-0.2, -0.15) is 0 Å². The van der Waals surface area contributed by atoms with Crippen LogP contribution in [0.15, 0.2) is 24.3 Å². The lowest BCUT2D eigenvalue weighted by molar-refractivity contribution is -0.142. The zero-order chi connectivity index (χ0) is 14.3. The highest BCUT2D eigenvalue weighted by molar-refractivity contribution is 5.95. The third kappa shape index (κ3) is 2.05. The van der Waals surface area contributed by atoms with E-state index in [4.69, 9.17) is 0 Å². The number of aromatic amines is 1. The van der Waals surface area contributed by atoms with Crippen molar-refractivity contribution in [2.24, 2.45) is 0 Å². The Bertz CT molecular complexity index is 689. The van der Waals surface area contributed by atoms with Gasteiger partial charge < -0.3 is 15.2 Å². The number of likely N-dealkylation sites (N-methyl/N-ethyl adjacent to an activating group) is 1. The zero-order valence-electron chi connectivity index (χ0n) is 11.6. The Hall–Kier alpha value is -2.30. The van der Waals surface area contributed by atoms with Crippen LogP contribution in [0.5, 0.6) is 0 Å². The molecule has 104 valence electrons. The Morgan fingerprint density at radius 1 is 1.30 bits per heavy atom. The van der Waals surface area contributed by atoms with Crippen LogP contribution in [0.1, 0.15) is 11.3 Å². The first-order chi connectivity index (χ1) is 9.56. The van der Waals surface area contributed by atoms with Crippen LogP contribution in [-0.2, 0) is 16.0 Å². The predicted molar refractivity (Wildman–Crippen MR) is 76.3 cm³/mol. The molecule has 1 aromatic heterocycles. The number of hydrogen-bond donors (Lipinski definition) is 2. The summed E-state index contributed by atoms with van der Waals surface area (Å²) in [6.07, 6.45) is 0.519. The number of nitrogens with zero attached hydrogens (tertiary/aromatic N) is 1. The van der Waals surface area contributed by atoms with Crippen molar-refractivity contribution in [3.8, 4) is 0 Å². The van der Waals surface area contributed by atoms with Crippen molar-refractivity contribution in [3.63, 3.8) is 0 Å². The van der Waals surface area contributed by atoms with Gasteiger partial charge in [0.05, 0.1) is 6.54 Å². The monoisotopic (exact) mass is 271 g/mol. The second-order valence-electron chi connectivity index (χ2n) is 5.29. The van der Waals surface area contributed by atoms with Crippen molar-refractivity contribution in [1.82, 2.24) is 15.2 Å². The third-order valence-electron chi connectivity index (χ3n) is 3.83. The smallest absolute Gasteiger partial charge is 0.245 e. The first-order valence-electron chi connectivity index (χ1n) is 6.67. The Morgan fingerprint density at radius 2 is 2.05 bits per heavy atom. The lowest BCUT2D eigenvalue weighted by Gasteiger charge is -2.29. The van der Waals surface area contributed by atoms with Crippen molar-refractivity contribution < 1.29 is 9.59 Å². The number of amides is 2. The minimum atomic E-state index is -0.473. The molecule has 5 heteroatoms. The lowest BCUT2D eigenvalue weighted by Crippen LogP contribution is -2.57. The Morgan fingerprint density at radius 3 is 2.85 bits per heavy atom. The molecular formula is C15H17N3O2. The van der Waals surface area contributed by atoms with Gasteiger partial charge in [0.2, 0.25) is 11.8 Å². The minimum Gasteiger partial charge on any atom is -0.358 e. The van der Waals surface area contributed by atoms with Crippen molar-refractivity contribution in [2.75, 3.05) is 13.6 Å². The summed E-state index contributed by atoms with van der Waals surface area (Å²) in [6.45, 7) is 2.14. The van der Waals surface area contributed by atoms with E-state index >= 15 is 0 Å². The number of aryl methyl sites for hydroxylation is 1. The van der Waals surface area contributed by atoms with Gasteiger partial charge in [0.15, 0.2) is 0 Å². The molecule has 2 heterocycles. The van der Waals surface area contributed by atoms with Gasteiger partial charge in [-0.05, 0) is 18.6 Å². The molecule has 2 aromatic rings. The van der Waals surface area contributed by atoms with Crippen LogP contribution in [0, 0.1) is 6.92 Å². The predicted octanol–water partition coefficient (Wildman–Crippen LogP) is 0.976. The molecule has 1 fully saturated rings. The molecule has 1 saturated heterocycles. The molecule has 1 atom stereocenters. The van der Waals surface area contributed by atoms with Crippen molar-refractivity contribution in [3.05, 3.63) is 35.5 Å². The number of fused-ring (bicyclic) bond motifs is 1. The topological polar surface area (TPSA) is 65.2 Å². The molecule has 0 unspecified atom stereocenters. The maximum absolute atomic E-state index is 12.1. The summed E-state index contributed by atoms with van der Waals surface area (Å²) >= 11 is 0. The third-order valence-corrected chi connectivity index (χ3v) is 3.83. The normalized spacial score (nSPS) is 19.5. The van der Waals surface area contributed by atoms with Crippen LogP contribution in [-0.4, -0.2) is 41.3 Å². The Balaban J connectivity index is 1.94. The summed E-state index contributed by atoms with van der Waals surface area (Å²) < 4.78 is 0. The molecule has 0 bridgehead atoms. The van der Waals surface area contributed by atoms with Crippen molar-refractivity contribution in [2.45, 2.75) is 19.4 Å². The summed E-state index contributed by atoms with van der Waals surface area (Å²) in [5.74, 6) is -0.135. The first-order valence-corrected chi connectivity index (χ1v) is 6.67. The zero-order valence-corrected chi connectivity index (χ0v) is 11.6. The van der Waals surface area contributed by atoms with Crippen LogP contribution in [0.25, 0.3) is 10.9 Å². The standard InChI is InChI=1S/C15H17N3O2/c1-9-11(10-5-3-4-6-12(10)16-9)7-13-15(20)18(2)8-14(19)17-13/h3-6,13,16H,7-8H2,1-2H3,(H,17,19)/t13-/m0/s1. The van der Waals surface area contributed by atoms with Gasteiger partial charge in [0, 0.05) is 30.1 Å². The molecule has 1 aromatic carbocycles. The fraction of sp³-hybridized carbons (Fsp3) is 0.333. The van der Waals surface area contributed by atoms with E-state index in [0.29, 0.717) is 6.42 Å². The van der Waals surface area contributed by atoms with Crippen molar-refractivity contribution in [1.29, 1.82) is 0 Å². The molecule has 1 aliphatic heterocycles. The largest absolute Gasteiger partial charge is 0.358 e. The number of rotatable bonds is 2. The van der Waals surface area contributed by atoms with E-state index in [1.54, 1.807) is 7.05 Å². The number of hydrogen-bond acceptors (Lipinski definition) is 2. The van der Waals surface area contributed by atoms with E-state index < -0.39 is 6.04 Å². The fourth-order valence-corrected chi connectivity index (χ4v) is 2.80. The molecule has 2 amide bonds. The second-order valence-corrected chi connectivity index (χ2v) is 5.29. The number of H-pyrrole nitrogens is 1. The maximum atomic E-state index is 12.1. The van der Waals surface area contributed by atoms with Gasteiger partial charge >= 0.3 is 0 Å². The van der Waals surface area contributed by atoms with E-state index in [1.807, 2.05) is 31.2 Å². The molecule has 5 nitrogen and oxygen atoms in total. The summed E-state index contributed by atoms with van der Waals surface area (Å²) in [7, 11) is 1.66. The van der Waals surface area contributed by atoms with E-state index in [-0.39, 0.29) is 18.4 Å². The Kier molecular flexibility index (Phi) is 2.97. The highest BCUT2D eigenvalue weighted by Gasteiger charge is 2.31. The number of aromatic nitrogens is 1. The average Bonchev–Trinajstić information content (AvgIpc) is 2.72. The number of carbonyl (C=O) groups is 2. The Labute approximate surface area is 117 Å². The van der Waals surface area contributed by atoms with E-state index in [0.717, 1.165) is 22.2 Å². The van der Waals surface area contributed by atoms with E-state index in [2.05, 4.69) is 10.3 Å². The van der Waals surface area contributed by atoms with Gasteiger partial charge in [-0.1, -0.05) is 18.2 Å². The summed E-state index contributed by atoms with van der Waals surface area (Å²) in [4.78, 5) is 28.5. The molecule has 0 aliphatic carbocycles. The van der Waals surface area contributed by atoms with Crippen LogP contribution in [0.3, 0.4) is 0 Å². The van der Waals surface area contributed by atoms with Gasteiger partial charge in [0.1, 0.15) is 6.04 Å². The van der Waals surface area contributed by atoms with Crippen LogP contribution < -0.4 is 5.32 Å². The summed E-state index contributed by atoms with van der Waals surface area (Å²) in [6, 6.07) is 7.53. The molecule has 2 N–H and O–H groups in total. The summed E-state index contributed by atoms with van der Waals surface area (Å²) in [5.41, 5.74) is 3.19. The first kappa shape index (κ1) is 12.7. The van der Waals surface area contributed by atoms with Gasteiger partial charge in [-0.3, -0.25) is 9.59 Å². The molecule has 20 heavy (non-hydrogen) atoms. The molecule has 0 spiro atoms. The maximum Gasteiger partial charge on any atom is 0.245 e. The number of nitrogens with one attached hydrogen (secondary N) is 2. The quantitative estimate of drug-likeness (QED) is 0.855. The molecular weight excluding hydrogens is 254 g/mol. The van der Waals surface area contributed by atoms with E-state index in [9.17, 15) is 9.59 Å². The number of piperazine rings is 1. The second kappa shape index (κ2) is 4.67. The van der Waals surface area contributed by atoms with Gasteiger partial charge in [-0.25, -0.2) is 0 Å². The highest BCUT2D eigenvalue weighted by Crippen LogP contribution is 2.23.